The van der Waals surface area contributed by atoms with E-state index in [0.29, 0.717) is 19.6 Å². The summed E-state index contributed by atoms with van der Waals surface area (Å²) in [7, 11) is 0. The molecule has 0 bridgehead atoms. The van der Waals surface area contributed by atoms with Crippen molar-refractivity contribution in [2.75, 3.05) is 13.1 Å². The summed E-state index contributed by atoms with van der Waals surface area (Å²) in [5, 5.41) is 12.0. The molecule has 0 aliphatic carbocycles. The summed E-state index contributed by atoms with van der Waals surface area (Å²) in [5.41, 5.74) is 1.09. The molecule has 5 heteroatoms. The molecule has 0 radical (unpaired) electrons. The van der Waals surface area contributed by atoms with Crippen molar-refractivity contribution >= 4 is 11.9 Å². The first-order chi connectivity index (χ1) is 10.1. The maximum Gasteiger partial charge on any atom is 0.320 e. The van der Waals surface area contributed by atoms with E-state index in [0.717, 1.165) is 18.4 Å². The first-order valence-electron chi connectivity index (χ1n) is 7.36. The molecule has 1 amide bonds. The van der Waals surface area contributed by atoms with Gasteiger partial charge in [0.25, 0.3) is 0 Å². The second kappa shape index (κ2) is 7.22. The Labute approximate surface area is 125 Å². The van der Waals surface area contributed by atoms with Crippen LogP contribution in [0.3, 0.4) is 0 Å². The number of carbonyl (C=O) groups is 2. The van der Waals surface area contributed by atoms with Crippen molar-refractivity contribution in [1.29, 1.82) is 0 Å². The van der Waals surface area contributed by atoms with Crippen molar-refractivity contribution in [2.45, 2.75) is 32.4 Å². The van der Waals surface area contributed by atoms with Crippen LogP contribution in [-0.2, 0) is 16.1 Å². The molecule has 1 atom stereocenters. The number of nitrogens with zero attached hydrogens (tertiary/aromatic N) is 1. The van der Waals surface area contributed by atoms with E-state index in [1.54, 1.807) is 6.92 Å². The van der Waals surface area contributed by atoms with Gasteiger partial charge >= 0.3 is 5.97 Å². The van der Waals surface area contributed by atoms with E-state index in [1.165, 1.54) is 0 Å². The van der Waals surface area contributed by atoms with Gasteiger partial charge < -0.3 is 10.4 Å². The molecule has 0 spiro atoms. The Morgan fingerprint density at radius 1 is 1.29 bits per heavy atom. The molecule has 1 aromatic rings. The highest BCUT2D eigenvalue weighted by molar-refractivity contribution is 5.78. The Kier molecular flexibility index (Phi) is 5.33. The number of hydrogen-bond acceptors (Lipinski definition) is 3. The molecule has 1 aliphatic rings. The SMILES string of the molecule is CC(C(=O)O)N1CCC(C(=O)NCc2ccccc2)CC1. The van der Waals surface area contributed by atoms with E-state index in [9.17, 15) is 9.59 Å². The van der Waals surface area contributed by atoms with Crippen LogP contribution in [0.15, 0.2) is 30.3 Å². The third-order valence-electron chi connectivity index (χ3n) is 4.12. The van der Waals surface area contributed by atoms with Gasteiger partial charge in [0.2, 0.25) is 5.91 Å². The highest BCUT2D eigenvalue weighted by atomic mass is 16.4. The van der Waals surface area contributed by atoms with Crippen LogP contribution < -0.4 is 5.32 Å². The fraction of sp³-hybridized carbons (Fsp3) is 0.500. The Hall–Kier alpha value is -1.88. The summed E-state index contributed by atoms with van der Waals surface area (Å²) >= 11 is 0. The number of likely N-dealkylation sites (tertiary alicyclic amines) is 1. The van der Waals surface area contributed by atoms with Gasteiger partial charge in [-0.2, -0.15) is 0 Å². The van der Waals surface area contributed by atoms with Crippen LogP contribution in [0.1, 0.15) is 25.3 Å². The molecule has 2 rings (SSSR count). The summed E-state index contributed by atoms with van der Waals surface area (Å²) < 4.78 is 0. The molecule has 114 valence electrons. The maximum absolute atomic E-state index is 12.1. The number of carboxylic acid groups (broad SMARTS) is 1. The molecule has 0 aromatic heterocycles. The average Bonchev–Trinajstić information content (AvgIpc) is 2.53. The van der Waals surface area contributed by atoms with Gasteiger partial charge in [-0.05, 0) is 38.4 Å². The highest BCUT2D eigenvalue weighted by Crippen LogP contribution is 2.19. The minimum absolute atomic E-state index is 0.00837. The van der Waals surface area contributed by atoms with Gasteiger partial charge in [-0.15, -0.1) is 0 Å². The zero-order chi connectivity index (χ0) is 15.2. The lowest BCUT2D eigenvalue weighted by Crippen LogP contribution is -2.46. The zero-order valence-corrected chi connectivity index (χ0v) is 12.3. The molecule has 1 aliphatic heterocycles. The molecule has 0 saturated carbocycles. The van der Waals surface area contributed by atoms with Crippen LogP contribution in [0.5, 0.6) is 0 Å². The van der Waals surface area contributed by atoms with E-state index in [2.05, 4.69) is 5.32 Å². The summed E-state index contributed by atoms with van der Waals surface area (Å²) in [6.45, 7) is 3.57. The second-order valence-corrected chi connectivity index (χ2v) is 5.53. The second-order valence-electron chi connectivity index (χ2n) is 5.53. The summed E-state index contributed by atoms with van der Waals surface area (Å²) in [4.78, 5) is 25.0. The Morgan fingerprint density at radius 2 is 1.90 bits per heavy atom. The van der Waals surface area contributed by atoms with E-state index in [-0.39, 0.29) is 11.8 Å². The average molecular weight is 290 g/mol. The smallest absolute Gasteiger partial charge is 0.320 e. The van der Waals surface area contributed by atoms with E-state index < -0.39 is 12.0 Å². The molecule has 1 aromatic carbocycles. The van der Waals surface area contributed by atoms with E-state index in [1.807, 2.05) is 35.2 Å². The zero-order valence-electron chi connectivity index (χ0n) is 12.3. The molecule has 1 saturated heterocycles. The van der Waals surface area contributed by atoms with Crippen LogP contribution in [0.2, 0.25) is 0 Å². The Morgan fingerprint density at radius 3 is 2.48 bits per heavy atom. The lowest BCUT2D eigenvalue weighted by Gasteiger charge is -2.33. The van der Waals surface area contributed by atoms with Gasteiger partial charge in [0.15, 0.2) is 0 Å². The number of hydrogen-bond donors (Lipinski definition) is 2. The number of nitrogens with one attached hydrogen (secondary N) is 1. The van der Waals surface area contributed by atoms with Gasteiger partial charge in [-0.1, -0.05) is 30.3 Å². The monoisotopic (exact) mass is 290 g/mol. The molecular formula is C16H22N2O3. The quantitative estimate of drug-likeness (QED) is 0.862. The first kappa shape index (κ1) is 15.5. The van der Waals surface area contributed by atoms with Crippen LogP contribution in [0.25, 0.3) is 0 Å². The largest absolute Gasteiger partial charge is 0.480 e. The lowest BCUT2D eigenvalue weighted by atomic mass is 9.95. The van der Waals surface area contributed by atoms with Crippen molar-refractivity contribution in [3.63, 3.8) is 0 Å². The van der Waals surface area contributed by atoms with Crippen LogP contribution in [-0.4, -0.2) is 41.0 Å². The number of piperidine rings is 1. The van der Waals surface area contributed by atoms with Crippen molar-refractivity contribution < 1.29 is 14.7 Å². The third kappa shape index (κ3) is 4.29. The molecular weight excluding hydrogens is 268 g/mol. The lowest BCUT2D eigenvalue weighted by molar-refractivity contribution is -0.143. The molecule has 1 fully saturated rings. The number of carboxylic acids is 1. The minimum Gasteiger partial charge on any atom is -0.480 e. The maximum atomic E-state index is 12.1. The van der Waals surface area contributed by atoms with Gasteiger partial charge in [0.05, 0.1) is 0 Å². The molecule has 2 N–H and O–H groups in total. The Bertz CT molecular complexity index is 482. The molecule has 1 unspecified atom stereocenters. The predicted octanol–water partition coefficient (Wildman–Crippen LogP) is 1.49. The van der Waals surface area contributed by atoms with Crippen molar-refractivity contribution in [3.8, 4) is 0 Å². The fourth-order valence-electron chi connectivity index (χ4n) is 2.63. The van der Waals surface area contributed by atoms with Crippen molar-refractivity contribution in [1.82, 2.24) is 10.2 Å². The molecule has 21 heavy (non-hydrogen) atoms. The topological polar surface area (TPSA) is 69.6 Å². The number of carbonyl (C=O) groups excluding carboxylic acids is 1. The Balaban J connectivity index is 1.77. The summed E-state index contributed by atoms with van der Waals surface area (Å²) in [6.07, 6.45) is 1.44. The third-order valence-corrected chi connectivity index (χ3v) is 4.12. The van der Waals surface area contributed by atoms with Crippen LogP contribution in [0, 0.1) is 5.92 Å². The number of rotatable bonds is 5. The van der Waals surface area contributed by atoms with Crippen molar-refractivity contribution in [2.24, 2.45) is 5.92 Å². The standard InChI is InChI=1S/C16H22N2O3/c1-12(16(20)21)18-9-7-14(8-10-18)15(19)17-11-13-5-3-2-4-6-13/h2-6,12,14H,7-11H2,1H3,(H,17,19)(H,20,21). The fourth-order valence-corrected chi connectivity index (χ4v) is 2.63. The van der Waals surface area contributed by atoms with Gasteiger partial charge in [-0.25, -0.2) is 0 Å². The molecule has 1 heterocycles. The highest BCUT2D eigenvalue weighted by Gasteiger charge is 2.29. The summed E-state index contributed by atoms with van der Waals surface area (Å²) in [6, 6.07) is 9.35. The van der Waals surface area contributed by atoms with Gasteiger partial charge in [0, 0.05) is 12.5 Å². The van der Waals surface area contributed by atoms with E-state index >= 15 is 0 Å². The van der Waals surface area contributed by atoms with E-state index in [4.69, 9.17) is 5.11 Å². The minimum atomic E-state index is -0.804. The molecule has 5 nitrogen and oxygen atoms in total. The predicted molar refractivity (Wildman–Crippen MR) is 79.7 cm³/mol. The van der Waals surface area contributed by atoms with Crippen LogP contribution >= 0.6 is 0 Å². The van der Waals surface area contributed by atoms with Crippen LogP contribution in [0.4, 0.5) is 0 Å². The number of benzene rings is 1. The van der Waals surface area contributed by atoms with Gasteiger partial charge in [-0.3, -0.25) is 14.5 Å². The first-order valence-corrected chi connectivity index (χ1v) is 7.36. The number of aliphatic carboxylic acids is 1. The van der Waals surface area contributed by atoms with Crippen molar-refractivity contribution in [3.05, 3.63) is 35.9 Å². The van der Waals surface area contributed by atoms with Gasteiger partial charge in [0.1, 0.15) is 6.04 Å². The normalized spacial score (nSPS) is 18.1. The summed E-state index contributed by atoms with van der Waals surface area (Å²) in [5.74, 6) is -0.741. The number of amides is 1.